The molecular formula is C11H10N2O3. The highest BCUT2D eigenvalue weighted by Gasteiger charge is 2.19. The monoisotopic (exact) mass is 218 g/mol. The van der Waals surface area contributed by atoms with Gasteiger partial charge in [0.25, 0.3) is 0 Å². The molecule has 0 amide bonds. The zero-order valence-electron chi connectivity index (χ0n) is 8.33. The first-order valence-electron chi connectivity index (χ1n) is 4.56. The van der Waals surface area contributed by atoms with Crippen molar-refractivity contribution in [1.82, 2.24) is 0 Å². The standard InChI is InChI=1S/C11H10N2O3/c12-4-3-10(15)11(16)7-1-2-9(14)8(5-7)6-13/h1-2,5,10-11,14-16H,3H2. The summed E-state index contributed by atoms with van der Waals surface area (Å²) < 4.78 is 0. The number of hydrogen-bond donors (Lipinski definition) is 3. The number of rotatable bonds is 3. The molecule has 0 saturated carbocycles. The number of hydrogen-bond acceptors (Lipinski definition) is 5. The maximum Gasteiger partial charge on any atom is 0.133 e. The van der Waals surface area contributed by atoms with E-state index in [-0.39, 0.29) is 23.3 Å². The normalized spacial score (nSPS) is 13.5. The molecule has 0 spiro atoms. The Balaban J connectivity index is 2.98. The van der Waals surface area contributed by atoms with E-state index < -0.39 is 12.2 Å². The van der Waals surface area contributed by atoms with Crippen LogP contribution in [0.5, 0.6) is 5.75 Å². The van der Waals surface area contributed by atoms with Crippen LogP contribution in [-0.2, 0) is 0 Å². The van der Waals surface area contributed by atoms with E-state index in [1.54, 1.807) is 12.1 Å². The van der Waals surface area contributed by atoms with Crippen molar-refractivity contribution in [2.24, 2.45) is 0 Å². The van der Waals surface area contributed by atoms with Crippen molar-refractivity contribution in [3.63, 3.8) is 0 Å². The van der Waals surface area contributed by atoms with Crippen LogP contribution in [0.3, 0.4) is 0 Å². The Kier molecular flexibility index (Phi) is 3.84. The number of phenolic OH excluding ortho intramolecular Hbond substituents is 1. The van der Waals surface area contributed by atoms with E-state index in [2.05, 4.69) is 0 Å². The van der Waals surface area contributed by atoms with Gasteiger partial charge in [-0.3, -0.25) is 0 Å². The molecule has 0 fully saturated rings. The Hall–Kier alpha value is -2.08. The van der Waals surface area contributed by atoms with Gasteiger partial charge in [-0.15, -0.1) is 0 Å². The molecule has 1 rings (SSSR count). The lowest BCUT2D eigenvalue weighted by Gasteiger charge is -2.15. The number of aliphatic hydroxyl groups is 2. The van der Waals surface area contributed by atoms with Crippen LogP contribution in [0, 0.1) is 22.7 Å². The molecule has 3 N–H and O–H groups in total. The third-order valence-electron chi connectivity index (χ3n) is 2.15. The smallest absolute Gasteiger partial charge is 0.133 e. The zero-order chi connectivity index (χ0) is 12.1. The van der Waals surface area contributed by atoms with Crippen LogP contribution < -0.4 is 0 Å². The fourth-order valence-corrected chi connectivity index (χ4v) is 1.25. The summed E-state index contributed by atoms with van der Waals surface area (Å²) in [6, 6.07) is 7.42. The highest BCUT2D eigenvalue weighted by Crippen LogP contribution is 2.24. The highest BCUT2D eigenvalue weighted by atomic mass is 16.3. The van der Waals surface area contributed by atoms with Gasteiger partial charge in [0.2, 0.25) is 0 Å². The number of phenols is 1. The second kappa shape index (κ2) is 5.13. The largest absolute Gasteiger partial charge is 0.507 e. The molecule has 1 aromatic rings. The summed E-state index contributed by atoms with van der Waals surface area (Å²) >= 11 is 0. The SMILES string of the molecule is N#CCC(O)C(O)c1ccc(O)c(C#N)c1. The Morgan fingerprint density at radius 2 is 1.94 bits per heavy atom. The van der Waals surface area contributed by atoms with Crippen LogP contribution in [-0.4, -0.2) is 21.4 Å². The summed E-state index contributed by atoms with van der Waals surface area (Å²) in [7, 11) is 0. The molecule has 2 unspecified atom stereocenters. The van der Waals surface area contributed by atoms with E-state index >= 15 is 0 Å². The lowest BCUT2D eigenvalue weighted by Crippen LogP contribution is -2.17. The van der Waals surface area contributed by atoms with Crippen LogP contribution in [0.25, 0.3) is 0 Å². The summed E-state index contributed by atoms with van der Waals surface area (Å²) in [6.07, 6.45) is -2.65. The van der Waals surface area contributed by atoms with Crippen molar-refractivity contribution >= 4 is 0 Å². The summed E-state index contributed by atoms with van der Waals surface area (Å²) in [4.78, 5) is 0. The zero-order valence-corrected chi connectivity index (χ0v) is 8.33. The minimum Gasteiger partial charge on any atom is -0.507 e. The van der Waals surface area contributed by atoms with Crippen LogP contribution in [0.4, 0.5) is 0 Å². The maximum atomic E-state index is 9.64. The van der Waals surface area contributed by atoms with E-state index in [9.17, 15) is 15.3 Å². The molecule has 0 heterocycles. The fraction of sp³-hybridized carbons (Fsp3) is 0.273. The molecule has 0 bridgehead atoms. The second-order valence-electron chi connectivity index (χ2n) is 3.26. The first-order chi connectivity index (χ1) is 7.60. The molecule has 5 nitrogen and oxygen atoms in total. The van der Waals surface area contributed by atoms with Gasteiger partial charge in [0.1, 0.15) is 17.9 Å². The average molecular weight is 218 g/mol. The van der Waals surface area contributed by atoms with Gasteiger partial charge in [0, 0.05) is 0 Å². The number of aromatic hydroxyl groups is 1. The van der Waals surface area contributed by atoms with Gasteiger partial charge in [0.15, 0.2) is 0 Å². The van der Waals surface area contributed by atoms with Crippen LogP contribution in [0.2, 0.25) is 0 Å². The van der Waals surface area contributed by atoms with E-state index in [0.29, 0.717) is 0 Å². The van der Waals surface area contributed by atoms with Crippen molar-refractivity contribution < 1.29 is 15.3 Å². The van der Waals surface area contributed by atoms with Crippen molar-refractivity contribution in [2.45, 2.75) is 18.6 Å². The Labute approximate surface area is 92.4 Å². The first kappa shape index (κ1) is 12.0. The summed E-state index contributed by atoms with van der Waals surface area (Å²) in [5, 5.41) is 45.3. The topological polar surface area (TPSA) is 108 Å². The van der Waals surface area contributed by atoms with Gasteiger partial charge in [-0.1, -0.05) is 6.07 Å². The van der Waals surface area contributed by atoms with Crippen LogP contribution >= 0.6 is 0 Å². The van der Waals surface area contributed by atoms with Gasteiger partial charge in [-0.25, -0.2) is 0 Å². The first-order valence-corrected chi connectivity index (χ1v) is 4.56. The van der Waals surface area contributed by atoms with E-state index in [1.807, 2.05) is 0 Å². The molecule has 0 aliphatic carbocycles. The lowest BCUT2D eigenvalue weighted by molar-refractivity contribution is 0.0216. The third kappa shape index (κ3) is 2.48. The van der Waals surface area contributed by atoms with Gasteiger partial charge in [0.05, 0.1) is 24.2 Å². The molecule has 2 atom stereocenters. The highest BCUT2D eigenvalue weighted by molar-refractivity contribution is 5.45. The van der Waals surface area contributed by atoms with Gasteiger partial charge >= 0.3 is 0 Å². The van der Waals surface area contributed by atoms with E-state index in [4.69, 9.17) is 10.5 Å². The molecule has 5 heteroatoms. The van der Waals surface area contributed by atoms with Crippen LogP contribution in [0.1, 0.15) is 23.7 Å². The number of nitrogens with zero attached hydrogens (tertiary/aromatic N) is 2. The third-order valence-corrected chi connectivity index (χ3v) is 2.15. The molecule has 0 aliphatic rings. The Bertz CT molecular complexity index is 459. The van der Waals surface area contributed by atoms with Gasteiger partial charge in [-0.05, 0) is 17.7 Å². The summed E-state index contributed by atoms with van der Waals surface area (Å²) in [5.74, 6) is -0.187. The molecule has 0 saturated heterocycles. The number of benzene rings is 1. The van der Waals surface area contributed by atoms with E-state index in [0.717, 1.165) is 0 Å². The van der Waals surface area contributed by atoms with Crippen molar-refractivity contribution in [3.05, 3.63) is 29.3 Å². The fourth-order valence-electron chi connectivity index (χ4n) is 1.25. The molecule has 0 radical (unpaired) electrons. The quantitative estimate of drug-likeness (QED) is 0.687. The lowest BCUT2D eigenvalue weighted by atomic mass is 10.0. The number of aliphatic hydroxyl groups excluding tert-OH is 2. The Morgan fingerprint density at radius 3 is 2.50 bits per heavy atom. The molecule has 16 heavy (non-hydrogen) atoms. The molecule has 0 aliphatic heterocycles. The Morgan fingerprint density at radius 1 is 1.25 bits per heavy atom. The van der Waals surface area contributed by atoms with Crippen molar-refractivity contribution in [3.8, 4) is 17.9 Å². The summed E-state index contributed by atoms with van der Waals surface area (Å²) in [5.41, 5.74) is 0.304. The van der Waals surface area contributed by atoms with Crippen molar-refractivity contribution in [1.29, 1.82) is 10.5 Å². The maximum absolute atomic E-state index is 9.64. The molecule has 0 aromatic heterocycles. The van der Waals surface area contributed by atoms with E-state index in [1.165, 1.54) is 18.2 Å². The molecule has 82 valence electrons. The molecular weight excluding hydrogens is 208 g/mol. The van der Waals surface area contributed by atoms with Gasteiger partial charge < -0.3 is 15.3 Å². The van der Waals surface area contributed by atoms with Crippen molar-refractivity contribution in [2.75, 3.05) is 0 Å². The van der Waals surface area contributed by atoms with Crippen LogP contribution in [0.15, 0.2) is 18.2 Å². The predicted molar refractivity (Wildman–Crippen MR) is 54.0 cm³/mol. The summed E-state index contributed by atoms with van der Waals surface area (Å²) in [6.45, 7) is 0. The number of nitriles is 2. The predicted octanol–water partition coefficient (Wildman–Crippen LogP) is 0.572. The van der Waals surface area contributed by atoms with Gasteiger partial charge in [-0.2, -0.15) is 10.5 Å². The second-order valence-corrected chi connectivity index (χ2v) is 3.26. The molecule has 1 aromatic carbocycles. The minimum absolute atomic E-state index is 0.0145. The average Bonchev–Trinajstić information content (AvgIpc) is 2.29. The minimum atomic E-state index is -1.24.